The minimum atomic E-state index is -0.198. The van der Waals surface area contributed by atoms with Crippen molar-refractivity contribution >= 4 is 11.6 Å². The monoisotopic (exact) mass is 328 g/mol. The van der Waals surface area contributed by atoms with Crippen molar-refractivity contribution < 1.29 is 9.18 Å². The molecule has 1 aromatic carbocycles. The van der Waals surface area contributed by atoms with Crippen LogP contribution in [-0.4, -0.2) is 47.0 Å². The number of aromatic amines is 1. The summed E-state index contributed by atoms with van der Waals surface area (Å²) in [6.45, 7) is 2.66. The number of para-hydroxylation sites is 1. The maximum absolute atomic E-state index is 13.9. The summed E-state index contributed by atoms with van der Waals surface area (Å²) in [6.07, 6.45) is 4.20. The third kappa shape index (κ3) is 2.77. The number of amides is 1. The Morgan fingerprint density at radius 2 is 2.00 bits per heavy atom. The highest BCUT2D eigenvalue weighted by Crippen LogP contribution is 2.26. The molecule has 2 heterocycles. The Morgan fingerprint density at radius 1 is 1.21 bits per heavy atom. The van der Waals surface area contributed by atoms with Crippen LogP contribution < -0.4 is 4.90 Å². The van der Waals surface area contributed by atoms with E-state index in [0.29, 0.717) is 31.9 Å². The average molecular weight is 328 g/mol. The van der Waals surface area contributed by atoms with E-state index in [1.807, 2.05) is 15.9 Å². The van der Waals surface area contributed by atoms with Crippen molar-refractivity contribution in [2.24, 2.45) is 5.92 Å². The zero-order chi connectivity index (χ0) is 16.5. The Hall–Kier alpha value is -2.37. The second-order valence-corrected chi connectivity index (χ2v) is 6.53. The van der Waals surface area contributed by atoms with Crippen molar-refractivity contribution in [2.45, 2.75) is 19.3 Å². The molecule has 1 aliphatic carbocycles. The number of hydrogen-bond donors (Lipinski definition) is 1. The standard InChI is InChI=1S/C18H21FN4O/c19-14-3-1-2-4-17(14)22-7-9-23(10-8-22)18(24)13-5-6-15-16(11-13)21-12-20-15/h1-4,12-13H,5-11H2,(H,20,21). The Balaban J connectivity index is 1.38. The zero-order valence-electron chi connectivity index (χ0n) is 13.5. The molecule has 5 nitrogen and oxygen atoms in total. The van der Waals surface area contributed by atoms with Crippen LogP contribution in [0.5, 0.6) is 0 Å². The second kappa shape index (κ2) is 6.26. The molecular weight excluding hydrogens is 307 g/mol. The predicted molar refractivity (Wildman–Crippen MR) is 89.3 cm³/mol. The lowest BCUT2D eigenvalue weighted by Crippen LogP contribution is -2.51. The van der Waals surface area contributed by atoms with Gasteiger partial charge in [0.05, 0.1) is 17.7 Å². The Bertz CT molecular complexity index is 736. The van der Waals surface area contributed by atoms with E-state index in [2.05, 4.69) is 9.97 Å². The summed E-state index contributed by atoms with van der Waals surface area (Å²) in [5.74, 6) is 0.0673. The van der Waals surface area contributed by atoms with Crippen molar-refractivity contribution in [3.05, 3.63) is 47.8 Å². The third-order valence-corrected chi connectivity index (χ3v) is 5.12. The SMILES string of the molecule is O=C(C1CCc2nc[nH]c2C1)N1CCN(c2ccccc2F)CC1. The summed E-state index contributed by atoms with van der Waals surface area (Å²) in [7, 11) is 0. The molecule has 1 fully saturated rings. The normalized spacial score (nSPS) is 20.8. The zero-order valence-corrected chi connectivity index (χ0v) is 13.5. The van der Waals surface area contributed by atoms with Crippen LogP contribution in [-0.2, 0) is 17.6 Å². The number of piperazine rings is 1. The highest BCUT2D eigenvalue weighted by atomic mass is 19.1. The minimum absolute atomic E-state index is 0.0398. The first kappa shape index (κ1) is 15.2. The molecule has 1 atom stereocenters. The molecular formula is C18H21FN4O. The molecule has 1 saturated heterocycles. The summed E-state index contributed by atoms with van der Waals surface area (Å²) in [5, 5.41) is 0. The largest absolute Gasteiger partial charge is 0.366 e. The first-order valence-electron chi connectivity index (χ1n) is 8.52. The van der Waals surface area contributed by atoms with E-state index in [0.717, 1.165) is 30.7 Å². The van der Waals surface area contributed by atoms with Crippen LogP contribution in [0.4, 0.5) is 10.1 Å². The third-order valence-electron chi connectivity index (χ3n) is 5.12. The van der Waals surface area contributed by atoms with E-state index in [4.69, 9.17) is 0 Å². The number of aryl methyl sites for hydroxylation is 1. The molecule has 6 heteroatoms. The van der Waals surface area contributed by atoms with Crippen LogP contribution >= 0.6 is 0 Å². The number of imidazole rings is 1. The van der Waals surface area contributed by atoms with Gasteiger partial charge >= 0.3 is 0 Å². The number of nitrogens with zero attached hydrogens (tertiary/aromatic N) is 3. The highest BCUT2D eigenvalue weighted by Gasteiger charge is 2.31. The van der Waals surface area contributed by atoms with E-state index in [9.17, 15) is 9.18 Å². The maximum atomic E-state index is 13.9. The Labute approximate surface area is 140 Å². The molecule has 2 aromatic rings. The van der Waals surface area contributed by atoms with Crippen LogP contribution in [0.1, 0.15) is 17.8 Å². The van der Waals surface area contributed by atoms with Gasteiger partial charge in [-0.05, 0) is 25.0 Å². The molecule has 2 aliphatic rings. The molecule has 1 N–H and O–H groups in total. The molecule has 0 saturated carbocycles. The smallest absolute Gasteiger partial charge is 0.226 e. The fourth-order valence-electron chi connectivity index (χ4n) is 3.75. The second-order valence-electron chi connectivity index (χ2n) is 6.53. The van der Waals surface area contributed by atoms with Gasteiger partial charge in [0, 0.05) is 44.2 Å². The number of halogens is 1. The Morgan fingerprint density at radius 3 is 2.79 bits per heavy atom. The van der Waals surface area contributed by atoms with Gasteiger partial charge in [0.1, 0.15) is 5.82 Å². The fraction of sp³-hybridized carbons (Fsp3) is 0.444. The number of H-pyrrole nitrogens is 1. The first-order valence-corrected chi connectivity index (χ1v) is 8.52. The number of anilines is 1. The summed E-state index contributed by atoms with van der Waals surface area (Å²) in [6, 6.07) is 6.83. The number of aromatic nitrogens is 2. The van der Waals surface area contributed by atoms with Crippen LogP contribution in [0.3, 0.4) is 0 Å². The lowest BCUT2D eigenvalue weighted by molar-refractivity contribution is -0.136. The summed E-state index contributed by atoms with van der Waals surface area (Å²) in [5.41, 5.74) is 2.83. The molecule has 1 aromatic heterocycles. The van der Waals surface area contributed by atoms with Gasteiger partial charge in [-0.3, -0.25) is 4.79 Å². The molecule has 1 aliphatic heterocycles. The number of hydrogen-bond acceptors (Lipinski definition) is 3. The number of carbonyl (C=O) groups is 1. The van der Waals surface area contributed by atoms with Crippen molar-refractivity contribution in [3.8, 4) is 0 Å². The quantitative estimate of drug-likeness (QED) is 0.917. The van der Waals surface area contributed by atoms with Crippen molar-refractivity contribution in [3.63, 3.8) is 0 Å². The molecule has 0 bridgehead atoms. The van der Waals surface area contributed by atoms with Gasteiger partial charge in [0.15, 0.2) is 0 Å². The molecule has 24 heavy (non-hydrogen) atoms. The predicted octanol–water partition coefficient (Wildman–Crippen LogP) is 2.00. The van der Waals surface area contributed by atoms with Gasteiger partial charge in [-0.1, -0.05) is 12.1 Å². The van der Waals surface area contributed by atoms with E-state index in [-0.39, 0.29) is 17.6 Å². The van der Waals surface area contributed by atoms with Gasteiger partial charge in [0.2, 0.25) is 5.91 Å². The van der Waals surface area contributed by atoms with Crippen LogP contribution in [0.25, 0.3) is 0 Å². The number of rotatable bonds is 2. The van der Waals surface area contributed by atoms with Crippen molar-refractivity contribution in [1.82, 2.24) is 14.9 Å². The molecule has 4 rings (SSSR count). The molecule has 0 spiro atoms. The van der Waals surface area contributed by atoms with Crippen LogP contribution in [0, 0.1) is 11.7 Å². The van der Waals surface area contributed by atoms with Gasteiger partial charge in [0.25, 0.3) is 0 Å². The number of benzene rings is 1. The Kier molecular flexibility index (Phi) is 3.96. The number of fused-ring (bicyclic) bond motifs is 1. The minimum Gasteiger partial charge on any atom is -0.366 e. The fourth-order valence-corrected chi connectivity index (χ4v) is 3.75. The van der Waals surface area contributed by atoms with E-state index < -0.39 is 0 Å². The van der Waals surface area contributed by atoms with Crippen LogP contribution in [0.2, 0.25) is 0 Å². The number of carbonyl (C=O) groups excluding carboxylic acids is 1. The van der Waals surface area contributed by atoms with Gasteiger partial charge in [-0.15, -0.1) is 0 Å². The van der Waals surface area contributed by atoms with Crippen LogP contribution in [0.15, 0.2) is 30.6 Å². The lowest BCUT2D eigenvalue weighted by Gasteiger charge is -2.38. The van der Waals surface area contributed by atoms with Gasteiger partial charge in [-0.2, -0.15) is 0 Å². The van der Waals surface area contributed by atoms with Gasteiger partial charge in [-0.25, -0.2) is 9.37 Å². The van der Waals surface area contributed by atoms with Crippen molar-refractivity contribution in [1.29, 1.82) is 0 Å². The topological polar surface area (TPSA) is 52.2 Å². The van der Waals surface area contributed by atoms with Crippen molar-refractivity contribution in [2.75, 3.05) is 31.1 Å². The summed E-state index contributed by atoms with van der Waals surface area (Å²) >= 11 is 0. The summed E-state index contributed by atoms with van der Waals surface area (Å²) < 4.78 is 13.9. The summed E-state index contributed by atoms with van der Waals surface area (Å²) in [4.78, 5) is 24.2. The molecule has 1 amide bonds. The maximum Gasteiger partial charge on any atom is 0.226 e. The van der Waals surface area contributed by atoms with E-state index in [1.165, 1.54) is 6.07 Å². The van der Waals surface area contributed by atoms with Gasteiger partial charge < -0.3 is 14.8 Å². The first-order chi connectivity index (χ1) is 11.7. The highest BCUT2D eigenvalue weighted by molar-refractivity contribution is 5.79. The molecule has 1 unspecified atom stereocenters. The van der Waals surface area contributed by atoms with E-state index >= 15 is 0 Å². The lowest BCUT2D eigenvalue weighted by atomic mass is 9.88. The average Bonchev–Trinajstić information content (AvgIpc) is 3.09. The molecule has 126 valence electrons. The number of nitrogens with one attached hydrogen (secondary N) is 1. The molecule has 0 radical (unpaired) electrons. The van der Waals surface area contributed by atoms with E-state index in [1.54, 1.807) is 18.5 Å².